The molecule has 1 aromatic carbocycles. The van der Waals surface area contributed by atoms with E-state index in [0.717, 1.165) is 4.88 Å². The first-order valence-corrected chi connectivity index (χ1v) is 7.72. The van der Waals surface area contributed by atoms with Gasteiger partial charge in [-0.05, 0) is 30.5 Å². The molecule has 0 aliphatic rings. The summed E-state index contributed by atoms with van der Waals surface area (Å²) < 4.78 is 18.4. The maximum atomic E-state index is 13.0. The third-order valence-electron chi connectivity index (χ3n) is 2.84. The lowest BCUT2D eigenvalue weighted by Crippen LogP contribution is -2.27. The minimum absolute atomic E-state index is 0.00303. The molecule has 1 N–H and O–H groups in total. The Hall–Kier alpha value is -1.59. The van der Waals surface area contributed by atoms with E-state index in [0.29, 0.717) is 5.75 Å². The van der Waals surface area contributed by atoms with E-state index >= 15 is 0 Å². The van der Waals surface area contributed by atoms with Gasteiger partial charge in [0, 0.05) is 10.9 Å². The molecule has 1 aromatic heterocycles. The molecule has 0 saturated heterocycles. The standard InChI is InChI=1S/C15H15ClFNO2S/c1-10(14-3-2-8-21-14)18-15(19)6-7-20-11-4-5-13(17)12(16)9-11/h2-5,8-10H,6-7H2,1H3,(H,18,19). The molecule has 0 aliphatic heterocycles. The van der Waals surface area contributed by atoms with Crippen molar-refractivity contribution in [3.05, 3.63) is 51.4 Å². The number of thiophene rings is 1. The van der Waals surface area contributed by atoms with E-state index in [9.17, 15) is 9.18 Å². The lowest BCUT2D eigenvalue weighted by Gasteiger charge is -2.12. The number of amides is 1. The second kappa shape index (κ2) is 7.43. The summed E-state index contributed by atoms with van der Waals surface area (Å²) in [6.45, 7) is 2.15. The molecule has 0 bridgehead atoms. The molecule has 3 nitrogen and oxygen atoms in total. The summed E-state index contributed by atoms with van der Waals surface area (Å²) >= 11 is 7.25. The topological polar surface area (TPSA) is 38.3 Å². The summed E-state index contributed by atoms with van der Waals surface area (Å²) in [5.74, 6) is -0.142. The van der Waals surface area contributed by atoms with Crippen molar-refractivity contribution in [3.63, 3.8) is 0 Å². The summed E-state index contributed by atoms with van der Waals surface area (Å²) in [5.41, 5.74) is 0. The molecule has 6 heteroatoms. The van der Waals surface area contributed by atoms with E-state index in [-0.39, 0.29) is 30.0 Å². The predicted molar refractivity (Wildman–Crippen MR) is 82.4 cm³/mol. The summed E-state index contributed by atoms with van der Waals surface area (Å²) in [5, 5.41) is 4.87. The Labute approximate surface area is 131 Å². The van der Waals surface area contributed by atoms with Gasteiger partial charge < -0.3 is 10.1 Å². The predicted octanol–water partition coefficient (Wildman–Crippen LogP) is 4.19. The van der Waals surface area contributed by atoms with Crippen molar-refractivity contribution in [2.45, 2.75) is 19.4 Å². The number of hydrogen-bond acceptors (Lipinski definition) is 3. The molecule has 21 heavy (non-hydrogen) atoms. The second-order valence-corrected chi connectivity index (χ2v) is 5.87. The third-order valence-corrected chi connectivity index (χ3v) is 4.18. The zero-order chi connectivity index (χ0) is 15.2. The number of carbonyl (C=O) groups is 1. The van der Waals surface area contributed by atoms with Crippen molar-refractivity contribution >= 4 is 28.8 Å². The van der Waals surface area contributed by atoms with E-state index < -0.39 is 5.82 Å². The fourth-order valence-electron chi connectivity index (χ4n) is 1.75. The van der Waals surface area contributed by atoms with Gasteiger partial charge in [0.05, 0.1) is 24.1 Å². The number of carbonyl (C=O) groups excluding carboxylic acids is 1. The van der Waals surface area contributed by atoms with Crippen molar-refractivity contribution in [3.8, 4) is 5.75 Å². The van der Waals surface area contributed by atoms with Crippen LogP contribution in [0.1, 0.15) is 24.3 Å². The quantitative estimate of drug-likeness (QED) is 0.864. The lowest BCUT2D eigenvalue weighted by molar-refractivity contribution is -0.122. The van der Waals surface area contributed by atoms with Gasteiger partial charge in [0.2, 0.25) is 5.91 Å². The van der Waals surface area contributed by atoms with Gasteiger partial charge in [-0.2, -0.15) is 0 Å². The van der Waals surface area contributed by atoms with Crippen LogP contribution >= 0.6 is 22.9 Å². The highest BCUT2D eigenvalue weighted by Gasteiger charge is 2.10. The molecule has 0 saturated carbocycles. The number of benzene rings is 1. The number of rotatable bonds is 6. The Morgan fingerprint density at radius 1 is 1.48 bits per heavy atom. The van der Waals surface area contributed by atoms with Crippen LogP contribution in [0, 0.1) is 5.82 Å². The minimum atomic E-state index is -0.494. The molecule has 0 radical (unpaired) electrons. The van der Waals surface area contributed by atoms with Crippen LogP contribution in [0.5, 0.6) is 5.75 Å². The molecule has 2 rings (SSSR count). The van der Waals surface area contributed by atoms with Crippen molar-refractivity contribution < 1.29 is 13.9 Å². The first-order valence-electron chi connectivity index (χ1n) is 6.47. The fraction of sp³-hybridized carbons (Fsp3) is 0.267. The van der Waals surface area contributed by atoms with Crippen molar-refractivity contribution in [2.75, 3.05) is 6.61 Å². The van der Waals surface area contributed by atoms with Gasteiger partial charge in [-0.15, -0.1) is 11.3 Å². The van der Waals surface area contributed by atoms with Gasteiger partial charge in [-0.1, -0.05) is 17.7 Å². The summed E-state index contributed by atoms with van der Waals surface area (Å²) in [4.78, 5) is 12.9. The molecule has 2 aromatic rings. The second-order valence-electron chi connectivity index (χ2n) is 4.48. The van der Waals surface area contributed by atoms with Gasteiger partial charge >= 0.3 is 0 Å². The van der Waals surface area contributed by atoms with E-state index in [2.05, 4.69) is 5.32 Å². The van der Waals surface area contributed by atoms with Crippen LogP contribution in [-0.2, 0) is 4.79 Å². The molecule has 0 aliphatic carbocycles. The summed E-state index contributed by atoms with van der Waals surface area (Å²) in [6.07, 6.45) is 0.227. The number of nitrogens with one attached hydrogen (secondary N) is 1. The molecule has 112 valence electrons. The fourth-order valence-corrected chi connectivity index (χ4v) is 2.66. The molecule has 0 fully saturated rings. The van der Waals surface area contributed by atoms with Gasteiger partial charge in [0.15, 0.2) is 0 Å². The average Bonchev–Trinajstić information content (AvgIpc) is 2.97. The van der Waals surface area contributed by atoms with Gasteiger partial charge in [-0.3, -0.25) is 4.79 Å². The van der Waals surface area contributed by atoms with Crippen molar-refractivity contribution in [1.82, 2.24) is 5.32 Å². The highest BCUT2D eigenvalue weighted by Crippen LogP contribution is 2.21. The van der Waals surface area contributed by atoms with E-state index in [1.54, 1.807) is 11.3 Å². The van der Waals surface area contributed by atoms with Crippen LogP contribution in [-0.4, -0.2) is 12.5 Å². The summed E-state index contributed by atoms with van der Waals surface area (Å²) in [6, 6.07) is 8.02. The highest BCUT2D eigenvalue weighted by molar-refractivity contribution is 7.10. The van der Waals surface area contributed by atoms with Crippen LogP contribution in [0.3, 0.4) is 0 Å². The molecule has 1 amide bonds. The first-order chi connectivity index (χ1) is 10.1. The Bertz CT molecular complexity index is 604. The zero-order valence-electron chi connectivity index (χ0n) is 11.4. The zero-order valence-corrected chi connectivity index (χ0v) is 13.0. The molecule has 1 unspecified atom stereocenters. The number of halogens is 2. The Balaban J connectivity index is 1.75. The molecule has 1 atom stereocenters. The minimum Gasteiger partial charge on any atom is -0.493 e. The highest BCUT2D eigenvalue weighted by atomic mass is 35.5. The van der Waals surface area contributed by atoms with Crippen LogP contribution < -0.4 is 10.1 Å². The molecule has 0 spiro atoms. The Morgan fingerprint density at radius 3 is 2.95 bits per heavy atom. The molecule has 1 heterocycles. The SMILES string of the molecule is CC(NC(=O)CCOc1ccc(F)c(Cl)c1)c1cccs1. The third kappa shape index (κ3) is 4.72. The number of hydrogen-bond donors (Lipinski definition) is 1. The normalized spacial score (nSPS) is 12.0. The smallest absolute Gasteiger partial charge is 0.223 e. The van der Waals surface area contributed by atoms with Crippen LogP contribution in [0.25, 0.3) is 0 Å². The largest absolute Gasteiger partial charge is 0.493 e. The van der Waals surface area contributed by atoms with Gasteiger partial charge in [-0.25, -0.2) is 4.39 Å². The van der Waals surface area contributed by atoms with Gasteiger partial charge in [0.25, 0.3) is 0 Å². The van der Waals surface area contributed by atoms with Crippen LogP contribution in [0.15, 0.2) is 35.7 Å². The van der Waals surface area contributed by atoms with Crippen molar-refractivity contribution in [1.29, 1.82) is 0 Å². The summed E-state index contributed by atoms with van der Waals surface area (Å²) in [7, 11) is 0. The van der Waals surface area contributed by atoms with Crippen LogP contribution in [0.2, 0.25) is 5.02 Å². The molecular weight excluding hydrogens is 313 g/mol. The monoisotopic (exact) mass is 327 g/mol. The first kappa shape index (κ1) is 15.8. The van der Waals surface area contributed by atoms with Gasteiger partial charge in [0.1, 0.15) is 11.6 Å². The Morgan fingerprint density at radius 2 is 2.29 bits per heavy atom. The van der Waals surface area contributed by atoms with Crippen molar-refractivity contribution in [2.24, 2.45) is 0 Å². The lowest BCUT2D eigenvalue weighted by atomic mass is 10.2. The van der Waals surface area contributed by atoms with E-state index in [4.69, 9.17) is 16.3 Å². The molecular formula is C15H15ClFNO2S. The maximum Gasteiger partial charge on any atom is 0.223 e. The van der Waals surface area contributed by atoms with E-state index in [1.165, 1.54) is 18.2 Å². The van der Waals surface area contributed by atoms with E-state index in [1.807, 2.05) is 24.4 Å². The maximum absolute atomic E-state index is 13.0. The Kier molecular flexibility index (Phi) is 5.59. The van der Waals surface area contributed by atoms with Crippen LogP contribution in [0.4, 0.5) is 4.39 Å². The number of ether oxygens (including phenoxy) is 1. The average molecular weight is 328 g/mol.